The topological polar surface area (TPSA) is 59.0 Å². The maximum atomic E-state index is 11.7. The molecule has 2 rings (SSSR count). The molecule has 0 aliphatic heterocycles. The van der Waals surface area contributed by atoms with Crippen LogP contribution in [0.5, 0.6) is 5.75 Å². The second kappa shape index (κ2) is 7.84. The summed E-state index contributed by atoms with van der Waals surface area (Å²) in [5, 5.41) is 10.7. The number of methoxy groups -OCH3 is 1. The van der Waals surface area contributed by atoms with Crippen molar-refractivity contribution in [2.45, 2.75) is 33.8 Å². The first-order valence-corrected chi connectivity index (χ1v) is 7.85. The third-order valence-corrected chi connectivity index (χ3v) is 3.86. The number of hydrogen-bond donors (Lipinski definition) is 1. The largest absolute Gasteiger partial charge is 0.489 e. The minimum atomic E-state index is -0.830. The Hall–Kier alpha value is -2.53. The molecule has 1 amide bonds. The molecule has 0 saturated carbocycles. The molecule has 2 aromatic carbocycles. The van der Waals surface area contributed by atoms with E-state index in [1.807, 2.05) is 57.2 Å². The smallest absolute Gasteiger partial charge is 0.438 e. The van der Waals surface area contributed by atoms with Gasteiger partial charge in [0.15, 0.2) is 0 Å². The van der Waals surface area contributed by atoms with Gasteiger partial charge in [-0.05, 0) is 37.5 Å². The van der Waals surface area contributed by atoms with Crippen molar-refractivity contribution < 1.29 is 19.5 Å². The molecule has 0 radical (unpaired) electrons. The van der Waals surface area contributed by atoms with Crippen LogP contribution < -0.4 is 9.80 Å². The van der Waals surface area contributed by atoms with Crippen LogP contribution in [0.15, 0.2) is 36.4 Å². The minimum absolute atomic E-state index is 0.237. The average Bonchev–Trinajstić information content (AvgIpc) is 2.59. The van der Waals surface area contributed by atoms with E-state index in [4.69, 9.17) is 4.74 Å². The molecule has 0 heterocycles. The molecular weight excluding hydrogens is 306 g/mol. The number of amides is 1. The first-order chi connectivity index (χ1) is 11.5. The van der Waals surface area contributed by atoms with Crippen LogP contribution in [0.4, 0.5) is 10.5 Å². The van der Waals surface area contributed by atoms with Crippen LogP contribution >= 0.6 is 0 Å². The lowest BCUT2D eigenvalue weighted by Crippen LogP contribution is -2.29. The van der Waals surface area contributed by atoms with Gasteiger partial charge in [-0.1, -0.05) is 42.8 Å². The molecule has 5 heteroatoms. The number of carbonyl (C=O) groups is 1. The van der Waals surface area contributed by atoms with Gasteiger partial charge in [-0.2, -0.15) is 5.06 Å². The quantitative estimate of drug-likeness (QED) is 0.652. The van der Waals surface area contributed by atoms with Gasteiger partial charge in [-0.25, -0.2) is 4.79 Å². The van der Waals surface area contributed by atoms with Crippen molar-refractivity contribution in [2.75, 3.05) is 12.2 Å². The second-order valence-corrected chi connectivity index (χ2v) is 5.62. The van der Waals surface area contributed by atoms with Crippen molar-refractivity contribution in [3.8, 4) is 5.75 Å². The van der Waals surface area contributed by atoms with Gasteiger partial charge in [0, 0.05) is 5.56 Å². The van der Waals surface area contributed by atoms with Gasteiger partial charge < -0.3 is 9.47 Å². The summed E-state index contributed by atoms with van der Waals surface area (Å²) in [6, 6.07) is 11.5. The fourth-order valence-electron chi connectivity index (χ4n) is 2.61. The van der Waals surface area contributed by atoms with E-state index in [-0.39, 0.29) is 6.61 Å². The molecular formula is C19H23NO4. The number of carbonyl (C=O) groups excluding carboxylic acids is 1. The number of hydroxylamine groups is 1. The number of rotatable bonds is 5. The van der Waals surface area contributed by atoms with Crippen molar-refractivity contribution in [3.63, 3.8) is 0 Å². The standard InChI is InChI=1S/C19H23NO4/c1-5-15-7-6-8-16(18(15)20(22)19(21)23-4)12-24-17-10-9-13(2)11-14(17)3/h6-11,22H,5,12H2,1-4H3. The normalized spacial score (nSPS) is 10.4. The lowest BCUT2D eigenvalue weighted by Gasteiger charge is -2.21. The predicted octanol–water partition coefficient (Wildman–Crippen LogP) is 4.41. The number of ether oxygens (including phenoxy) is 2. The van der Waals surface area contributed by atoms with E-state index < -0.39 is 6.09 Å². The summed E-state index contributed by atoms with van der Waals surface area (Å²) < 4.78 is 10.5. The maximum absolute atomic E-state index is 11.7. The Morgan fingerprint density at radius 3 is 2.50 bits per heavy atom. The summed E-state index contributed by atoms with van der Waals surface area (Å²) in [5.74, 6) is 0.774. The SMILES string of the molecule is CCc1cccc(COc2ccc(C)cc2C)c1N(O)C(=O)OC. The monoisotopic (exact) mass is 329 g/mol. The van der Waals surface area contributed by atoms with Gasteiger partial charge in [0.1, 0.15) is 12.4 Å². The second-order valence-electron chi connectivity index (χ2n) is 5.62. The molecule has 0 aromatic heterocycles. The summed E-state index contributed by atoms with van der Waals surface area (Å²) in [6.07, 6.45) is -0.162. The van der Waals surface area contributed by atoms with E-state index in [1.54, 1.807) is 0 Å². The molecule has 0 saturated heterocycles. The van der Waals surface area contributed by atoms with Crippen LogP contribution in [0.3, 0.4) is 0 Å². The van der Waals surface area contributed by atoms with Gasteiger partial charge in [0.05, 0.1) is 12.8 Å². The van der Waals surface area contributed by atoms with E-state index in [0.29, 0.717) is 22.7 Å². The Bertz CT molecular complexity index is 727. The highest BCUT2D eigenvalue weighted by atomic mass is 16.6. The molecule has 2 aromatic rings. The fourth-order valence-corrected chi connectivity index (χ4v) is 2.61. The molecule has 1 N–H and O–H groups in total. The van der Waals surface area contributed by atoms with Crippen LogP contribution in [0, 0.1) is 13.8 Å². The summed E-state index contributed by atoms with van der Waals surface area (Å²) in [4.78, 5) is 11.7. The molecule has 5 nitrogen and oxygen atoms in total. The van der Waals surface area contributed by atoms with Crippen LogP contribution in [0.1, 0.15) is 29.2 Å². The van der Waals surface area contributed by atoms with Crippen LogP contribution in [0.25, 0.3) is 0 Å². The zero-order valence-corrected chi connectivity index (χ0v) is 14.5. The number of nitrogens with zero attached hydrogens (tertiary/aromatic N) is 1. The van der Waals surface area contributed by atoms with Crippen LogP contribution in [-0.4, -0.2) is 18.4 Å². The summed E-state index contributed by atoms with van der Waals surface area (Å²) in [6.45, 7) is 6.21. The molecule has 0 bridgehead atoms. The van der Waals surface area contributed by atoms with Crippen molar-refractivity contribution in [2.24, 2.45) is 0 Å². The van der Waals surface area contributed by atoms with Crippen molar-refractivity contribution in [3.05, 3.63) is 58.7 Å². The van der Waals surface area contributed by atoms with Crippen molar-refractivity contribution in [1.82, 2.24) is 0 Å². The Morgan fingerprint density at radius 2 is 1.88 bits per heavy atom. The van der Waals surface area contributed by atoms with Crippen LogP contribution in [0.2, 0.25) is 0 Å². The highest BCUT2D eigenvalue weighted by Crippen LogP contribution is 2.28. The first-order valence-electron chi connectivity index (χ1n) is 7.85. The third kappa shape index (κ3) is 3.86. The number of benzene rings is 2. The van der Waals surface area contributed by atoms with E-state index in [0.717, 1.165) is 16.9 Å². The van der Waals surface area contributed by atoms with Gasteiger partial charge in [0.2, 0.25) is 0 Å². The van der Waals surface area contributed by atoms with Gasteiger partial charge in [-0.15, -0.1) is 0 Å². The zero-order chi connectivity index (χ0) is 17.7. The minimum Gasteiger partial charge on any atom is -0.489 e. The summed E-state index contributed by atoms with van der Waals surface area (Å²) in [7, 11) is 1.23. The number of para-hydroxylation sites is 1. The molecule has 0 aliphatic rings. The molecule has 0 unspecified atom stereocenters. The zero-order valence-electron chi connectivity index (χ0n) is 14.5. The molecule has 0 spiro atoms. The van der Waals surface area contributed by atoms with Crippen molar-refractivity contribution in [1.29, 1.82) is 0 Å². The van der Waals surface area contributed by atoms with E-state index in [2.05, 4.69) is 4.74 Å². The van der Waals surface area contributed by atoms with Gasteiger partial charge in [-0.3, -0.25) is 5.21 Å². The van der Waals surface area contributed by atoms with E-state index in [9.17, 15) is 10.0 Å². The summed E-state index contributed by atoms with van der Waals surface area (Å²) >= 11 is 0. The maximum Gasteiger partial charge on any atom is 0.438 e. The fraction of sp³-hybridized carbons (Fsp3) is 0.316. The summed E-state index contributed by atoms with van der Waals surface area (Å²) in [5.41, 5.74) is 4.17. The van der Waals surface area contributed by atoms with Gasteiger partial charge >= 0.3 is 6.09 Å². The molecule has 0 atom stereocenters. The number of aryl methyl sites for hydroxylation is 3. The van der Waals surface area contributed by atoms with Gasteiger partial charge in [0.25, 0.3) is 0 Å². The Morgan fingerprint density at radius 1 is 1.17 bits per heavy atom. The Labute approximate surface area is 142 Å². The lowest BCUT2D eigenvalue weighted by molar-refractivity contribution is 0.140. The van der Waals surface area contributed by atoms with Crippen molar-refractivity contribution >= 4 is 11.8 Å². The Balaban J connectivity index is 2.31. The molecule has 128 valence electrons. The number of anilines is 1. The molecule has 24 heavy (non-hydrogen) atoms. The highest BCUT2D eigenvalue weighted by Gasteiger charge is 2.20. The molecule has 0 fully saturated rings. The molecule has 0 aliphatic carbocycles. The first kappa shape index (κ1) is 17.8. The Kier molecular flexibility index (Phi) is 5.82. The highest BCUT2D eigenvalue weighted by molar-refractivity contribution is 5.87. The van der Waals surface area contributed by atoms with E-state index in [1.165, 1.54) is 12.7 Å². The number of hydrogen-bond acceptors (Lipinski definition) is 4. The predicted molar refractivity (Wildman–Crippen MR) is 92.7 cm³/mol. The van der Waals surface area contributed by atoms with Crippen LogP contribution in [-0.2, 0) is 17.8 Å². The van der Waals surface area contributed by atoms with E-state index >= 15 is 0 Å². The average molecular weight is 329 g/mol. The third-order valence-electron chi connectivity index (χ3n) is 3.86. The lowest BCUT2D eigenvalue weighted by atomic mass is 10.0.